The third kappa shape index (κ3) is 4.18. The molecule has 150 valence electrons. The van der Waals surface area contributed by atoms with Crippen LogP contribution in [0.5, 0.6) is 5.75 Å². The number of ether oxygens (including phenoxy) is 1. The summed E-state index contributed by atoms with van der Waals surface area (Å²) in [6.45, 7) is 8.78. The van der Waals surface area contributed by atoms with Gasteiger partial charge in [-0.1, -0.05) is 32.0 Å². The van der Waals surface area contributed by atoms with E-state index in [0.717, 1.165) is 22.4 Å². The average molecular weight is 392 g/mol. The normalized spacial score (nSPS) is 10.6. The number of para-hydroxylation sites is 1. The first-order valence-corrected chi connectivity index (χ1v) is 9.62. The van der Waals surface area contributed by atoms with Gasteiger partial charge in [-0.2, -0.15) is 4.98 Å². The van der Waals surface area contributed by atoms with Crippen LogP contribution in [-0.4, -0.2) is 26.1 Å². The van der Waals surface area contributed by atoms with Crippen LogP contribution < -0.4 is 16.0 Å². The molecule has 7 heteroatoms. The third-order valence-corrected chi connectivity index (χ3v) is 4.55. The van der Waals surface area contributed by atoms with E-state index in [1.165, 1.54) is 0 Å². The van der Waals surface area contributed by atoms with Crippen LogP contribution in [0, 0.1) is 13.8 Å². The minimum Gasteiger partial charge on any atom is -0.492 e. The van der Waals surface area contributed by atoms with E-state index in [1.54, 1.807) is 0 Å². The Morgan fingerprint density at radius 2 is 1.69 bits per heavy atom. The highest BCUT2D eigenvalue weighted by atomic mass is 16.5. The Balaban J connectivity index is 0.00000117. The van der Waals surface area contributed by atoms with Gasteiger partial charge in [0, 0.05) is 0 Å². The first kappa shape index (κ1) is 20.3. The molecule has 0 radical (unpaired) electrons. The number of aromatic amines is 1. The Morgan fingerprint density at radius 1 is 1.00 bits per heavy atom. The molecular formula is C22H24N4O3. The SMILES string of the molecule is CC.Cc1cc2nc3c(=O)[nH]c(=O)nc-3n(CCOc3ccccc3)c2cc1C. The fourth-order valence-corrected chi connectivity index (χ4v) is 3.05. The number of rotatable bonds is 4. The first-order valence-electron chi connectivity index (χ1n) is 9.62. The molecule has 0 unspecified atom stereocenters. The Morgan fingerprint density at radius 3 is 2.41 bits per heavy atom. The molecule has 7 nitrogen and oxygen atoms in total. The zero-order valence-electron chi connectivity index (χ0n) is 17.0. The zero-order chi connectivity index (χ0) is 21.0. The van der Waals surface area contributed by atoms with Crippen LogP contribution in [-0.2, 0) is 6.54 Å². The summed E-state index contributed by atoms with van der Waals surface area (Å²) < 4.78 is 7.61. The third-order valence-electron chi connectivity index (χ3n) is 4.55. The van der Waals surface area contributed by atoms with E-state index in [1.807, 2.05) is 74.7 Å². The van der Waals surface area contributed by atoms with E-state index >= 15 is 0 Å². The molecule has 0 fully saturated rings. The van der Waals surface area contributed by atoms with Crippen molar-refractivity contribution in [1.29, 1.82) is 0 Å². The fraction of sp³-hybridized carbons (Fsp3) is 0.273. The summed E-state index contributed by atoms with van der Waals surface area (Å²) in [7, 11) is 0. The number of aromatic nitrogens is 4. The Kier molecular flexibility index (Phi) is 6.07. The second kappa shape index (κ2) is 8.68. The topological polar surface area (TPSA) is 89.9 Å². The van der Waals surface area contributed by atoms with Crippen LogP contribution in [0.1, 0.15) is 25.0 Å². The van der Waals surface area contributed by atoms with Gasteiger partial charge in [0.05, 0.1) is 17.6 Å². The van der Waals surface area contributed by atoms with Gasteiger partial charge in [0.1, 0.15) is 12.4 Å². The van der Waals surface area contributed by atoms with Crippen molar-refractivity contribution in [2.45, 2.75) is 34.2 Å². The van der Waals surface area contributed by atoms with Crippen molar-refractivity contribution >= 4 is 11.0 Å². The first-order chi connectivity index (χ1) is 14.0. The highest BCUT2D eigenvalue weighted by molar-refractivity contribution is 5.81. The smallest absolute Gasteiger partial charge is 0.349 e. The van der Waals surface area contributed by atoms with Crippen LogP contribution in [0.3, 0.4) is 0 Å². The van der Waals surface area contributed by atoms with Crippen LogP contribution in [0.2, 0.25) is 0 Å². The molecule has 0 atom stereocenters. The maximum atomic E-state index is 12.2. The number of aryl methyl sites for hydroxylation is 2. The molecule has 0 amide bonds. The van der Waals surface area contributed by atoms with Crippen molar-refractivity contribution in [3.63, 3.8) is 0 Å². The van der Waals surface area contributed by atoms with E-state index in [4.69, 9.17) is 4.74 Å². The van der Waals surface area contributed by atoms with Crippen molar-refractivity contribution in [3.8, 4) is 17.3 Å². The molecular weight excluding hydrogens is 368 g/mol. The quantitative estimate of drug-likeness (QED) is 0.538. The Bertz CT molecular complexity index is 1210. The largest absolute Gasteiger partial charge is 0.492 e. The highest BCUT2D eigenvalue weighted by Gasteiger charge is 2.19. The number of H-pyrrole nitrogens is 1. The predicted molar refractivity (Wildman–Crippen MR) is 114 cm³/mol. The summed E-state index contributed by atoms with van der Waals surface area (Å²) in [5, 5.41) is 0. The molecule has 2 aliphatic heterocycles. The molecule has 0 saturated heterocycles. The molecule has 1 N–H and O–H groups in total. The van der Waals surface area contributed by atoms with Crippen molar-refractivity contribution in [2.75, 3.05) is 6.61 Å². The Labute approximate surface area is 168 Å². The minimum absolute atomic E-state index is 0.144. The van der Waals surface area contributed by atoms with Crippen LogP contribution >= 0.6 is 0 Å². The molecule has 0 spiro atoms. The lowest BCUT2D eigenvalue weighted by Crippen LogP contribution is -2.29. The standard InChI is InChI=1S/C20H18N4O3.C2H6/c1-12-10-15-16(11-13(12)2)24(8-9-27-14-6-4-3-5-7-14)18-17(21-15)19(25)23-20(26)22-18;1-2/h3-7,10-11H,8-9H2,1-2H3,(H,23,25,26);1-2H3. The van der Waals surface area contributed by atoms with Gasteiger partial charge in [-0.25, -0.2) is 9.78 Å². The number of hydrogen-bond donors (Lipinski definition) is 1. The number of nitrogens with zero attached hydrogens (tertiary/aromatic N) is 3. The Hall–Kier alpha value is -3.48. The minimum atomic E-state index is -0.685. The van der Waals surface area contributed by atoms with Gasteiger partial charge in [0.25, 0.3) is 5.56 Å². The number of hydrogen-bond acceptors (Lipinski definition) is 5. The molecule has 2 aliphatic rings. The summed E-state index contributed by atoms with van der Waals surface area (Å²) in [5.41, 5.74) is 2.57. The molecule has 29 heavy (non-hydrogen) atoms. The summed E-state index contributed by atoms with van der Waals surface area (Å²) in [5.74, 6) is 1.01. The van der Waals surface area contributed by atoms with Crippen LogP contribution in [0.15, 0.2) is 52.1 Å². The molecule has 0 saturated carbocycles. The van der Waals surface area contributed by atoms with E-state index in [2.05, 4.69) is 15.0 Å². The van der Waals surface area contributed by atoms with E-state index in [0.29, 0.717) is 18.7 Å². The van der Waals surface area contributed by atoms with Gasteiger partial charge < -0.3 is 9.30 Å². The fourth-order valence-electron chi connectivity index (χ4n) is 3.05. The maximum Gasteiger partial charge on any atom is 0.349 e. The van der Waals surface area contributed by atoms with Crippen LogP contribution in [0.4, 0.5) is 0 Å². The van der Waals surface area contributed by atoms with Gasteiger partial charge >= 0.3 is 5.69 Å². The maximum absolute atomic E-state index is 12.2. The molecule has 0 aliphatic carbocycles. The van der Waals surface area contributed by atoms with Gasteiger partial charge in [0.15, 0.2) is 11.5 Å². The van der Waals surface area contributed by atoms with Crippen LogP contribution in [0.25, 0.3) is 22.6 Å². The molecule has 0 aromatic heterocycles. The summed E-state index contributed by atoms with van der Waals surface area (Å²) in [4.78, 5) is 34.6. The second-order valence-corrected chi connectivity index (χ2v) is 6.39. The number of fused-ring (bicyclic) bond motifs is 2. The number of benzene rings is 2. The summed E-state index contributed by atoms with van der Waals surface area (Å²) >= 11 is 0. The van der Waals surface area contributed by atoms with Crippen molar-refractivity contribution < 1.29 is 4.74 Å². The molecule has 0 bridgehead atoms. The lowest BCUT2D eigenvalue weighted by molar-refractivity contribution is 0.300. The van der Waals surface area contributed by atoms with Gasteiger partial charge in [-0.3, -0.25) is 9.78 Å². The highest BCUT2D eigenvalue weighted by Crippen LogP contribution is 2.23. The van der Waals surface area contributed by atoms with Crippen molar-refractivity contribution in [3.05, 3.63) is 74.4 Å². The van der Waals surface area contributed by atoms with Gasteiger partial charge in [-0.05, 0) is 49.2 Å². The average Bonchev–Trinajstić information content (AvgIpc) is 2.72. The monoisotopic (exact) mass is 392 g/mol. The van der Waals surface area contributed by atoms with E-state index in [-0.39, 0.29) is 11.5 Å². The lowest BCUT2D eigenvalue weighted by atomic mass is 10.1. The number of nitrogens with one attached hydrogen (secondary N) is 1. The second-order valence-electron chi connectivity index (χ2n) is 6.39. The molecule has 4 rings (SSSR count). The molecule has 2 aromatic rings. The van der Waals surface area contributed by atoms with Crippen molar-refractivity contribution in [2.24, 2.45) is 0 Å². The summed E-state index contributed by atoms with van der Waals surface area (Å²) in [6, 6.07) is 13.4. The molecule has 2 heterocycles. The predicted octanol–water partition coefficient (Wildman–Crippen LogP) is 3.31. The van der Waals surface area contributed by atoms with E-state index < -0.39 is 11.2 Å². The molecule has 2 aromatic carbocycles. The van der Waals surface area contributed by atoms with Gasteiger partial charge in [-0.15, -0.1) is 0 Å². The summed E-state index contributed by atoms with van der Waals surface area (Å²) in [6.07, 6.45) is 0. The van der Waals surface area contributed by atoms with E-state index in [9.17, 15) is 9.59 Å². The van der Waals surface area contributed by atoms with Gasteiger partial charge in [0.2, 0.25) is 0 Å². The zero-order valence-corrected chi connectivity index (χ0v) is 17.0. The lowest BCUT2D eigenvalue weighted by Gasteiger charge is -2.18. The van der Waals surface area contributed by atoms with Crippen molar-refractivity contribution in [1.82, 2.24) is 19.5 Å².